The first-order valence-corrected chi connectivity index (χ1v) is 7.48. The number of nitrogens with zero attached hydrogens (tertiary/aromatic N) is 3. The van der Waals surface area contributed by atoms with Crippen molar-refractivity contribution in [1.82, 2.24) is 14.9 Å². The highest BCUT2D eigenvalue weighted by molar-refractivity contribution is 7.20. The van der Waals surface area contributed by atoms with Gasteiger partial charge >= 0.3 is 0 Å². The third-order valence-corrected chi connectivity index (χ3v) is 4.31. The van der Waals surface area contributed by atoms with Crippen LogP contribution in [0, 0.1) is 6.92 Å². The molecule has 0 fully saturated rings. The molecule has 1 unspecified atom stereocenters. The van der Waals surface area contributed by atoms with Crippen molar-refractivity contribution in [3.63, 3.8) is 0 Å². The van der Waals surface area contributed by atoms with Gasteiger partial charge in [0.25, 0.3) is 5.91 Å². The van der Waals surface area contributed by atoms with Crippen LogP contribution in [0.1, 0.15) is 22.2 Å². The molecule has 0 aliphatic heterocycles. The molecule has 6 nitrogen and oxygen atoms in total. The zero-order chi connectivity index (χ0) is 15.6. The average molecular weight is 308 g/mol. The highest BCUT2D eigenvalue weighted by Crippen LogP contribution is 2.33. The summed E-state index contributed by atoms with van der Waals surface area (Å²) in [5.41, 5.74) is 0.918. The highest BCUT2D eigenvalue weighted by atomic mass is 32.1. The van der Waals surface area contributed by atoms with Crippen molar-refractivity contribution in [2.24, 2.45) is 0 Å². The summed E-state index contributed by atoms with van der Waals surface area (Å²) in [6, 6.07) is 0.125. The van der Waals surface area contributed by atoms with Gasteiger partial charge in [-0.1, -0.05) is 0 Å². The predicted molar refractivity (Wildman–Crippen MR) is 85.1 cm³/mol. The molecule has 114 valence electrons. The Balaban J connectivity index is 2.47. The van der Waals surface area contributed by atoms with Crippen LogP contribution in [0.2, 0.25) is 0 Å². The van der Waals surface area contributed by atoms with E-state index < -0.39 is 0 Å². The number of aromatic nitrogens is 2. The lowest BCUT2D eigenvalue weighted by Crippen LogP contribution is -2.22. The number of ether oxygens (including phenoxy) is 1. The Hall–Kier alpha value is -1.73. The van der Waals surface area contributed by atoms with Crippen LogP contribution in [0.4, 0.5) is 5.82 Å². The van der Waals surface area contributed by atoms with Gasteiger partial charge in [0.1, 0.15) is 17.0 Å². The number of rotatable bonds is 5. The minimum absolute atomic E-state index is 0.00797. The van der Waals surface area contributed by atoms with E-state index in [1.165, 1.54) is 17.7 Å². The van der Waals surface area contributed by atoms with Crippen molar-refractivity contribution in [2.75, 3.05) is 33.1 Å². The van der Waals surface area contributed by atoms with E-state index in [2.05, 4.69) is 15.3 Å². The number of aryl methyl sites for hydroxylation is 1. The summed E-state index contributed by atoms with van der Waals surface area (Å²) in [5.74, 6) is 0.738. The first kappa shape index (κ1) is 15.7. The van der Waals surface area contributed by atoms with Crippen LogP contribution in [0.15, 0.2) is 6.33 Å². The maximum atomic E-state index is 12.2. The number of fused-ring (bicyclic) bond motifs is 1. The fourth-order valence-electron chi connectivity index (χ4n) is 2.11. The van der Waals surface area contributed by atoms with Gasteiger partial charge in [-0.05, 0) is 19.4 Å². The van der Waals surface area contributed by atoms with E-state index in [4.69, 9.17) is 4.74 Å². The third-order valence-electron chi connectivity index (χ3n) is 3.13. The minimum atomic E-state index is -0.00797. The molecular weight excluding hydrogens is 288 g/mol. The lowest BCUT2D eigenvalue weighted by molar-refractivity contribution is 0.0831. The van der Waals surface area contributed by atoms with E-state index in [-0.39, 0.29) is 11.9 Å². The molecule has 0 saturated heterocycles. The topological polar surface area (TPSA) is 67.3 Å². The van der Waals surface area contributed by atoms with Gasteiger partial charge in [0.05, 0.1) is 16.9 Å². The number of methoxy groups -OCH3 is 1. The van der Waals surface area contributed by atoms with E-state index in [1.54, 1.807) is 26.1 Å². The molecule has 0 aliphatic rings. The number of amides is 1. The summed E-state index contributed by atoms with van der Waals surface area (Å²) in [6.07, 6.45) is 1.52. The third kappa shape index (κ3) is 3.14. The monoisotopic (exact) mass is 308 g/mol. The second-order valence-corrected chi connectivity index (χ2v) is 6.16. The molecule has 0 bridgehead atoms. The molecule has 0 radical (unpaired) electrons. The number of anilines is 1. The van der Waals surface area contributed by atoms with Gasteiger partial charge in [-0.2, -0.15) is 0 Å². The minimum Gasteiger partial charge on any atom is -0.383 e. The summed E-state index contributed by atoms with van der Waals surface area (Å²) in [4.78, 5) is 23.9. The Labute approximate surface area is 128 Å². The molecule has 1 amide bonds. The first-order valence-electron chi connectivity index (χ1n) is 6.67. The van der Waals surface area contributed by atoms with Gasteiger partial charge < -0.3 is 15.0 Å². The van der Waals surface area contributed by atoms with Gasteiger partial charge in [0, 0.05) is 27.2 Å². The van der Waals surface area contributed by atoms with Crippen LogP contribution in [0.25, 0.3) is 10.2 Å². The quantitative estimate of drug-likeness (QED) is 0.916. The maximum Gasteiger partial charge on any atom is 0.263 e. The fourth-order valence-corrected chi connectivity index (χ4v) is 3.28. The Bertz CT molecular complexity index is 654. The van der Waals surface area contributed by atoms with Crippen molar-refractivity contribution in [1.29, 1.82) is 0 Å². The zero-order valence-corrected chi connectivity index (χ0v) is 13.7. The number of nitrogens with one attached hydrogen (secondary N) is 1. The second-order valence-electron chi connectivity index (χ2n) is 5.16. The van der Waals surface area contributed by atoms with Crippen LogP contribution in [0.5, 0.6) is 0 Å². The fraction of sp³-hybridized carbons (Fsp3) is 0.500. The largest absolute Gasteiger partial charge is 0.383 e. The standard InChI is InChI=1S/C14H20N4O2S/c1-8(6-20-5)17-12-10-9(2)11(14(19)18(3)4)21-13(10)16-7-15-12/h7-8H,6H2,1-5H3,(H,15,16,17). The summed E-state index contributed by atoms with van der Waals surface area (Å²) in [5, 5.41) is 4.23. The lowest BCUT2D eigenvalue weighted by atomic mass is 10.2. The smallest absolute Gasteiger partial charge is 0.263 e. The SMILES string of the molecule is COCC(C)Nc1ncnc2sc(C(=O)N(C)C)c(C)c12. The zero-order valence-electron chi connectivity index (χ0n) is 12.9. The van der Waals surface area contributed by atoms with Gasteiger partial charge in [-0.15, -0.1) is 11.3 Å². The van der Waals surface area contributed by atoms with E-state index in [0.717, 1.165) is 21.6 Å². The van der Waals surface area contributed by atoms with Crippen molar-refractivity contribution in [2.45, 2.75) is 19.9 Å². The molecule has 21 heavy (non-hydrogen) atoms. The number of hydrogen-bond acceptors (Lipinski definition) is 6. The van der Waals surface area contributed by atoms with Gasteiger partial charge in [-0.25, -0.2) is 9.97 Å². The first-order chi connectivity index (χ1) is 9.95. The summed E-state index contributed by atoms with van der Waals surface area (Å²) in [7, 11) is 5.16. The number of carbonyl (C=O) groups is 1. The van der Waals surface area contributed by atoms with Gasteiger partial charge in [0.2, 0.25) is 0 Å². The van der Waals surface area contributed by atoms with Crippen molar-refractivity contribution in [3.05, 3.63) is 16.8 Å². The molecule has 2 aromatic heterocycles. The van der Waals surface area contributed by atoms with E-state index in [0.29, 0.717) is 11.5 Å². The molecule has 1 N–H and O–H groups in total. The normalized spacial score (nSPS) is 12.4. The highest BCUT2D eigenvalue weighted by Gasteiger charge is 2.20. The Kier molecular flexibility index (Phi) is 4.74. The number of carbonyl (C=O) groups excluding carboxylic acids is 1. The Morgan fingerprint density at radius 2 is 2.19 bits per heavy atom. The summed E-state index contributed by atoms with van der Waals surface area (Å²) < 4.78 is 5.13. The van der Waals surface area contributed by atoms with E-state index >= 15 is 0 Å². The molecule has 2 rings (SSSR count). The molecule has 1 atom stereocenters. The number of thiophene rings is 1. The maximum absolute atomic E-state index is 12.2. The molecule has 7 heteroatoms. The molecule has 0 aliphatic carbocycles. The molecule has 0 spiro atoms. The Morgan fingerprint density at radius 1 is 1.48 bits per heavy atom. The van der Waals surface area contributed by atoms with Crippen LogP contribution < -0.4 is 5.32 Å². The van der Waals surface area contributed by atoms with Crippen LogP contribution in [-0.4, -0.2) is 54.6 Å². The number of hydrogen-bond donors (Lipinski definition) is 1. The summed E-state index contributed by atoms with van der Waals surface area (Å²) >= 11 is 1.40. The van der Waals surface area contributed by atoms with Gasteiger partial charge in [0.15, 0.2) is 0 Å². The molecule has 2 aromatic rings. The van der Waals surface area contributed by atoms with Crippen molar-refractivity contribution < 1.29 is 9.53 Å². The Morgan fingerprint density at radius 3 is 2.81 bits per heavy atom. The van der Waals surface area contributed by atoms with Crippen LogP contribution >= 0.6 is 11.3 Å². The predicted octanol–water partition coefficient (Wildman–Crippen LogP) is 2.15. The molecular formula is C14H20N4O2S. The molecule has 2 heterocycles. The summed E-state index contributed by atoms with van der Waals surface area (Å²) in [6.45, 7) is 4.54. The lowest BCUT2D eigenvalue weighted by Gasteiger charge is -2.14. The molecule has 0 aromatic carbocycles. The van der Waals surface area contributed by atoms with Crippen LogP contribution in [-0.2, 0) is 4.74 Å². The van der Waals surface area contributed by atoms with Crippen LogP contribution in [0.3, 0.4) is 0 Å². The van der Waals surface area contributed by atoms with Crippen molar-refractivity contribution in [3.8, 4) is 0 Å². The van der Waals surface area contributed by atoms with Crippen molar-refractivity contribution >= 4 is 33.3 Å². The van der Waals surface area contributed by atoms with E-state index in [1.807, 2.05) is 13.8 Å². The van der Waals surface area contributed by atoms with Gasteiger partial charge in [-0.3, -0.25) is 4.79 Å². The molecule has 0 saturated carbocycles. The average Bonchev–Trinajstić information content (AvgIpc) is 2.76. The van der Waals surface area contributed by atoms with E-state index in [9.17, 15) is 4.79 Å². The second kappa shape index (κ2) is 6.36.